The van der Waals surface area contributed by atoms with E-state index in [-0.39, 0.29) is 5.95 Å². The van der Waals surface area contributed by atoms with Crippen molar-refractivity contribution in [3.8, 4) is 11.7 Å². The van der Waals surface area contributed by atoms with Gasteiger partial charge in [0.05, 0.1) is 39.1 Å². The number of para-hydroxylation sites is 1. The Bertz CT molecular complexity index is 1410. The maximum atomic E-state index is 14.3. The molecular weight excluding hydrogens is 600 g/mol. The number of aromatic nitrogens is 5. The minimum Gasteiger partial charge on any atom is -0.494 e. The Morgan fingerprint density at radius 2 is 1.51 bits per heavy atom. The van der Waals surface area contributed by atoms with E-state index in [0.717, 1.165) is 42.9 Å². The van der Waals surface area contributed by atoms with E-state index in [1.807, 2.05) is 4.90 Å². The topological polar surface area (TPSA) is 97.1 Å². The van der Waals surface area contributed by atoms with Crippen molar-refractivity contribution in [1.82, 2.24) is 34.3 Å². The van der Waals surface area contributed by atoms with Gasteiger partial charge in [0, 0.05) is 64.7 Å². The minimum atomic E-state index is -2.85. The molecule has 3 aliphatic heterocycles. The minimum absolute atomic E-state index is 0.0918. The molecular formula is C27H35F2N9O3S2. The van der Waals surface area contributed by atoms with Crippen LogP contribution in [0.15, 0.2) is 18.2 Å². The third-order valence-electron chi connectivity index (χ3n) is 7.74. The van der Waals surface area contributed by atoms with Crippen LogP contribution in [0.5, 0.6) is 5.75 Å². The number of thioether (sulfide) groups is 1. The van der Waals surface area contributed by atoms with Crippen LogP contribution in [0.25, 0.3) is 17.0 Å². The standard InChI is InChI=1S/C27H35F2N9O3S2/c1-39-20-4-2-3-19-21(20)30-23(22(28)29)38(19)26-32-24(31-25(33-26)36-11-16-41-17-12-36)35-5-7-37(8-6-35)27(42)43-18-13-34-9-14-40-15-10-34/h2-4,22H,5-18H2,1H3. The molecule has 3 aromatic rings. The molecule has 2 aromatic heterocycles. The Morgan fingerprint density at radius 1 is 0.884 bits per heavy atom. The van der Waals surface area contributed by atoms with Gasteiger partial charge >= 0.3 is 0 Å². The number of halogens is 2. The number of benzene rings is 1. The molecule has 5 heterocycles. The van der Waals surface area contributed by atoms with Crippen LogP contribution in [-0.2, 0) is 9.47 Å². The number of hydrogen-bond acceptors (Lipinski definition) is 12. The highest BCUT2D eigenvalue weighted by Crippen LogP contribution is 2.32. The summed E-state index contributed by atoms with van der Waals surface area (Å²) < 4.78 is 47.3. The molecule has 0 spiro atoms. The number of thiocarbonyl (C=S) groups is 1. The molecule has 16 heteroatoms. The van der Waals surface area contributed by atoms with E-state index in [2.05, 4.69) is 24.7 Å². The summed E-state index contributed by atoms with van der Waals surface area (Å²) in [6, 6.07) is 5.14. The molecule has 12 nitrogen and oxygen atoms in total. The van der Waals surface area contributed by atoms with E-state index in [4.69, 9.17) is 36.4 Å². The predicted octanol–water partition coefficient (Wildman–Crippen LogP) is 2.47. The van der Waals surface area contributed by atoms with Gasteiger partial charge in [-0.05, 0) is 12.1 Å². The van der Waals surface area contributed by atoms with Crippen LogP contribution < -0.4 is 14.5 Å². The van der Waals surface area contributed by atoms with Gasteiger partial charge in [0.1, 0.15) is 15.6 Å². The van der Waals surface area contributed by atoms with Crippen LogP contribution in [0.4, 0.5) is 20.7 Å². The summed E-state index contributed by atoms with van der Waals surface area (Å²) >= 11 is 7.47. The fourth-order valence-electron chi connectivity index (χ4n) is 5.37. The van der Waals surface area contributed by atoms with E-state index in [1.165, 1.54) is 11.7 Å². The molecule has 0 radical (unpaired) electrons. The van der Waals surface area contributed by atoms with Crippen molar-refractivity contribution >= 4 is 51.2 Å². The van der Waals surface area contributed by atoms with Gasteiger partial charge in [0.25, 0.3) is 6.43 Å². The number of alkyl halides is 2. The Kier molecular flexibility index (Phi) is 9.67. The fraction of sp³-hybridized carbons (Fsp3) is 0.593. The van der Waals surface area contributed by atoms with Crippen molar-refractivity contribution in [2.75, 3.05) is 108 Å². The maximum Gasteiger partial charge on any atom is 0.296 e. The van der Waals surface area contributed by atoms with Crippen molar-refractivity contribution in [3.63, 3.8) is 0 Å². The third kappa shape index (κ3) is 6.77. The van der Waals surface area contributed by atoms with Gasteiger partial charge in [-0.2, -0.15) is 15.0 Å². The third-order valence-corrected chi connectivity index (χ3v) is 9.24. The molecule has 0 atom stereocenters. The molecule has 6 rings (SSSR count). The maximum absolute atomic E-state index is 14.3. The second-order valence-electron chi connectivity index (χ2n) is 10.3. The molecule has 0 unspecified atom stereocenters. The zero-order valence-electron chi connectivity index (χ0n) is 24.0. The van der Waals surface area contributed by atoms with Gasteiger partial charge in [-0.25, -0.2) is 13.8 Å². The highest BCUT2D eigenvalue weighted by Gasteiger charge is 2.28. The number of imidazole rings is 1. The summed E-state index contributed by atoms with van der Waals surface area (Å²) in [6.45, 7) is 9.44. The lowest BCUT2D eigenvalue weighted by atomic mass is 10.3. The Morgan fingerprint density at radius 3 is 2.16 bits per heavy atom. The van der Waals surface area contributed by atoms with Crippen LogP contribution >= 0.6 is 24.0 Å². The van der Waals surface area contributed by atoms with Crippen LogP contribution in [0.3, 0.4) is 0 Å². The first-order valence-corrected chi connectivity index (χ1v) is 15.8. The average Bonchev–Trinajstić information content (AvgIpc) is 3.46. The van der Waals surface area contributed by atoms with Gasteiger partial charge in [-0.3, -0.25) is 9.47 Å². The fourth-order valence-corrected chi connectivity index (χ4v) is 6.69. The molecule has 3 aliphatic rings. The van der Waals surface area contributed by atoms with Gasteiger partial charge in [-0.15, -0.1) is 0 Å². The lowest BCUT2D eigenvalue weighted by Gasteiger charge is -2.36. The summed E-state index contributed by atoms with van der Waals surface area (Å²) in [5.74, 6) is 1.83. The lowest BCUT2D eigenvalue weighted by molar-refractivity contribution is 0.0410. The number of hydrogen-bond donors (Lipinski definition) is 0. The molecule has 0 bridgehead atoms. The molecule has 1 aromatic carbocycles. The van der Waals surface area contributed by atoms with E-state index in [1.54, 1.807) is 30.0 Å². The summed E-state index contributed by atoms with van der Waals surface area (Å²) in [6.07, 6.45) is -2.85. The van der Waals surface area contributed by atoms with Crippen molar-refractivity contribution in [3.05, 3.63) is 24.0 Å². The molecule has 43 heavy (non-hydrogen) atoms. The summed E-state index contributed by atoms with van der Waals surface area (Å²) in [5, 5.41) is 0. The zero-order chi connectivity index (χ0) is 29.8. The zero-order valence-corrected chi connectivity index (χ0v) is 25.7. The van der Waals surface area contributed by atoms with Gasteiger partial charge < -0.3 is 28.9 Å². The second kappa shape index (κ2) is 13.8. The van der Waals surface area contributed by atoms with E-state index < -0.39 is 12.2 Å². The summed E-state index contributed by atoms with van der Waals surface area (Å²) in [5.41, 5.74) is 0.757. The highest BCUT2D eigenvalue weighted by atomic mass is 32.2. The van der Waals surface area contributed by atoms with Crippen LogP contribution in [0, 0.1) is 0 Å². The average molecular weight is 636 g/mol. The van der Waals surface area contributed by atoms with Gasteiger partial charge in [0.2, 0.25) is 17.8 Å². The van der Waals surface area contributed by atoms with E-state index in [9.17, 15) is 8.78 Å². The Balaban J connectivity index is 1.24. The smallest absolute Gasteiger partial charge is 0.296 e. The summed E-state index contributed by atoms with van der Waals surface area (Å²) in [4.78, 5) is 27.1. The Hall–Kier alpha value is -2.92. The molecule has 232 valence electrons. The monoisotopic (exact) mass is 635 g/mol. The number of nitrogens with zero attached hydrogens (tertiary/aromatic N) is 9. The molecule has 3 fully saturated rings. The first-order chi connectivity index (χ1) is 21.0. The highest BCUT2D eigenvalue weighted by molar-refractivity contribution is 8.22. The number of rotatable bonds is 8. The molecule has 0 saturated carbocycles. The normalized spacial score (nSPS) is 18.6. The summed E-state index contributed by atoms with van der Waals surface area (Å²) in [7, 11) is 1.49. The Labute approximate surface area is 258 Å². The number of morpholine rings is 2. The van der Waals surface area contributed by atoms with E-state index in [0.29, 0.717) is 81.2 Å². The lowest BCUT2D eigenvalue weighted by Crippen LogP contribution is -2.48. The van der Waals surface area contributed by atoms with Gasteiger partial charge in [-0.1, -0.05) is 30.0 Å². The predicted molar refractivity (Wildman–Crippen MR) is 165 cm³/mol. The number of anilines is 2. The SMILES string of the molecule is COc1cccc2c1nc(C(F)F)n2-c1nc(N2CCOCC2)nc(N2CCN(C(=S)SCCN3CCOCC3)CC2)n1. The van der Waals surface area contributed by atoms with Crippen LogP contribution in [-0.4, -0.2) is 137 Å². The number of ether oxygens (including phenoxy) is 3. The van der Waals surface area contributed by atoms with Crippen molar-refractivity contribution in [2.45, 2.75) is 6.43 Å². The molecule has 3 saturated heterocycles. The number of piperazine rings is 1. The van der Waals surface area contributed by atoms with E-state index >= 15 is 0 Å². The van der Waals surface area contributed by atoms with Gasteiger partial charge in [0.15, 0.2) is 5.82 Å². The largest absolute Gasteiger partial charge is 0.494 e. The van der Waals surface area contributed by atoms with Crippen molar-refractivity contribution in [2.24, 2.45) is 0 Å². The van der Waals surface area contributed by atoms with Crippen LogP contribution in [0.1, 0.15) is 12.2 Å². The molecule has 0 N–H and O–H groups in total. The molecule has 0 aliphatic carbocycles. The quantitative estimate of drug-likeness (QED) is 0.340. The first-order valence-electron chi connectivity index (χ1n) is 14.4. The molecule has 0 amide bonds. The number of fused-ring (bicyclic) bond motifs is 1. The van der Waals surface area contributed by atoms with Crippen molar-refractivity contribution < 1.29 is 23.0 Å². The second-order valence-corrected chi connectivity index (χ2v) is 12.0. The van der Waals surface area contributed by atoms with Crippen LogP contribution in [0.2, 0.25) is 0 Å². The van der Waals surface area contributed by atoms with Crippen molar-refractivity contribution in [1.29, 1.82) is 0 Å². The first kappa shape index (κ1) is 30.1. The number of methoxy groups -OCH3 is 1.